The molecule has 2 rings (SSSR count). The van der Waals surface area contributed by atoms with Crippen molar-refractivity contribution >= 4 is 34.2 Å². The largest absolute Gasteiger partial charge is 0.481 e. The Morgan fingerprint density at radius 2 is 2.36 bits per heavy atom. The molecule has 0 saturated heterocycles. The normalized spacial score (nSPS) is 10.6. The fourth-order valence-corrected chi connectivity index (χ4v) is 1.86. The highest BCUT2D eigenvalue weighted by Crippen LogP contribution is 2.11. The molecule has 0 amide bonds. The van der Waals surface area contributed by atoms with Crippen molar-refractivity contribution in [3.05, 3.63) is 33.8 Å². The number of pyridine rings is 1. The van der Waals surface area contributed by atoms with Crippen LogP contribution in [0.2, 0.25) is 0 Å². The lowest BCUT2D eigenvalue weighted by molar-refractivity contribution is -0.136. The van der Waals surface area contributed by atoms with Gasteiger partial charge in [-0.05, 0) is 34.7 Å². The number of carboxylic acid groups (broad SMARTS) is 1. The molecule has 0 unspecified atom stereocenters. The van der Waals surface area contributed by atoms with Crippen LogP contribution in [0.4, 0.5) is 0 Å². The molecule has 1 N–H and O–H groups in total. The number of carboxylic acids is 1. The molecule has 0 fully saturated rings. The van der Waals surface area contributed by atoms with E-state index in [2.05, 4.69) is 27.6 Å². The summed E-state index contributed by atoms with van der Waals surface area (Å²) in [5.41, 5.74) is 1.37. The zero-order valence-electron chi connectivity index (χ0n) is 7.14. The van der Waals surface area contributed by atoms with E-state index in [0.29, 0.717) is 5.69 Å². The molecule has 0 radical (unpaired) electrons. The highest BCUT2D eigenvalue weighted by molar-refractivity contribution is 14.1. The summed E-state index contributed by atoms with van der Waals surface area (Å²) in [6.45, 7) is 0. The minimum Gasteiger partial charge on any atom is -0.481 e. The third kappa shape index (κ3) is 1.72. The minimum absolute atomic E-state index is 0.0300. The third-order valence-electron chi connectivity index (χ3n) is 1.82. The van der Waals surface area contributed by atoms with Crippen LogP contribution in [0.1, 0.15) is 5.69 Å². The zero-order valence-corrected chi connectivity index (χ0v) is 9.30. The first kappa shape index (κ1) is 9.45. The van der Waals surface area contributed by atoms with Gasteiger partial charge in [-0.25, -0.2) is 4.98 Å². The van der Waals surface area contributed by atoms with Crippen LogP contribution in [0, 0.1) is 3.70 Å². The lowest BCUT2D eigenvalue weighted by Gasteiger charge is -1.94. The van der Waals surface area contributed by atoms with Gasteiger partial charge in [0.15, 0.2) is 0 Å². The van der Waals surface area contributed by atoms with Crippen LogP contribution in [0.15, 0.2) is 24.4 Å². The molecule has 0 aliphatic carbocycles. The zero-order chi connectivity index (χ0) is 10.1. The molecule has 0 aromatic carbocycles. The van der Waals surface area contributed by atoms with Crippen LogP contribution in [-0.2, 0) is 11.2 Å². The van der Waals surface area contributed by atoms with E-state index in [1.165, 1.54) is 0 Å². The molecule has 2 aromatic rings. The van der Waals surface area contributed by atoms with E-state index in [-0.39, 0.29) is 6.42 Å². The fourth-order valence-electron chi connectivity index (χ4n) is 1.27. The minimum atomic E-state index is -0.858. The first-order valence-corrected chi connectivity index (χ1v) is 5.09. The van der Waals surface area contributed by atoms with Gasteiger partial charge < -0.3 is 5.11 Å². The smallest absolute Gasteiger partial charge is 0.309 e. The summed E-state index contributed by atoms with van der Waals surface area (Å²) in [5, 5.41) is 8.61. The average Bonchev–Trinajstić information content (AvgIpc) is 2.47. The summed E-state index contributed by atoms with van der Waals surface area (Å²) in [5.74, 6) is -0.858. The molecule has 0 aliphatic heterocycles. The van der Waals surface area contributed by atoms with Gasteiger partial charge in [-0.15, -0.1) is 0 Å². The molecule has 2 heterocycles. The summed E-state index contributed by atoms with van der Waals surface area (Å²) >= 11 is 2.18. The SMILES string of the molecule is O=C(O)Cc1cn2c(I)cccc2n1. The van der Waals surface area contributed by atoms with E-state index in [0.717, 1.165) is 9.35 Å². The van der Waals surface area contributed by atoms with E-state index in [1.807, 2.05) is 22.6 Å². The first-order valence-electron chi connectivity index (χ1n) is 4.01. The first-order chi connectivity index (χ1) is 6.66. The van der Waals surface area contributed by atoms with Gasteiger partial charge in [-0.1, -0.05) is 6.07 Å². The molecule has 0 bridgehead atoms. The Hall–Kier alpha value is -1.11. The van der Waals surface area contributed by atoms with Crippen molar-refractivity contribution in [1.82, 2.24) is 9.38 Å². The lowest BCUT2D eigenvalue weighted by atomic mass is 10.3. The Balaban J connectivity index is 2.51. The molecule has 5 heteroatoms. The van der Waals surface area contributed by atoms with Gasteiger partial charge in [-0.3, -0.25) is 9.20 Å². The summed E-state index contributed by atoms with van der Waals surface area (Å²) in [6.07, 6.45) is 1.73. The molecule has 14 heavy (non-hydrogen) atoms. The van der Waals surface area contributed by atoms with Gasteiger partial charge in [0, 0.05) is 6.20 Å². The van der Waals surface area contributed by atoms with E-state index in [4.69, 9.17) is 5.11 Å². The highest BCUT2D eigenvalue weighted by Gasteiger charge is 2.06. The number of rotatable bonds is 2. The van der Waals surface area contributed by atoms with Crippen LogP contribution in [0.3, 0.4) is 0 Å². The number of carbonyl (C=O) groups is 1. The Morgan fingerprint density at radius 1 is 1.57 bits per heavy atom. The number of fused-ring (bicyclic) bond motifs is 1. The highest BCUT2D eigenvalue weighted by atomic mass is 127. The number of aliphatic carboxylic acids is 1. The molecule has 2 aromatic heterocycles. The van der Waals surface area contributed by atoms with Crippen molar-refractivity contribution in [2.24, 2.45) is 0 Å². The van der Waals surface area contributed by atoms with Crippen molar-refractivity contribution in [2.75, 3.05) is 0 Å². The molecular weight excluding hydrogens is 295 g/mol. The monoisotopic (exact) mass is 302 g/mol. The second-order valence-corrected chi connectivity index (χ2v) is 3.98. The van der Waals surface area contributed by atoms with E-state index < -0.39 is 5.97 Å². The predicted octanol–water partition coefficient (Wildman–Crippen LogP) is 1.57. The Kier molecular flexibility index (Phi) is 2.40. The van der Waals surface area contributed by atoms with Crippen molar-refractivity contribution in [3.8, 4) is 0 Å². The predicted molar refractivity (Wildman–Crippen MR) is 59.2 cm³/mol. The maximum atomic E-state index is 10.5. The summed E-state index contributed by atoms with van der Waals surface area (Å²) in [6, 6.07) is 5.70. The Labute approximate surface area is 93.7 Å². The van der Waals surface area contributed by atoms with Crippen molar-refractivity contribution in [2.45, 2.75) is 6.42 Å². The molecule has 0 aliphatic rings. The van der Waals surface area contributed by atoms with Gasteiger partial charge in [0.1, 0.15) is 5.65 Å². The van der Waals surface area contributed by atoms with Crippen LogP contribution in [-0.4, -0.2) is 20.5 Å². The molecule has 4 nitrogen and oxygen atoms in total. The lowest BCUT2D eigenvalue weighted by Crippen LogP contribution is -1.99. The topological polar surface area (TPSA) is 54.6 Å². The summed E-state index contributed by atoms with van der Waals surface area (Å²) < 4.78 is 2.89. The Bertz CT molecular complexity index is 493. The van der Waals surface area contributed by atoms with E-state index in [1.54, 1.807) is 6.20 Å². The Morgan fingerprint density at radius 3 is 3.00 bits per heavy atom. The molecule has 0 saturated carbocycles. The van der Waals surface area contributed by atoms with Crippen LogP contribution >= 0.6 is 22.6 Å². The quantitative estimate of drug-likeness (QED) is 0.677. The maximum absolute atomic E-state index is 10.5. The second-order valence-electron chi connectivity index (χ2n) is 2.88. The fraction of sp³-hybridized carbons (Fsp3) is 0.111. The van der Waals surface area contributed by atoms with Gasteiger partial charge in [0.05, 0.1) is 15.8 Å². The average molecular weight is 302 g/mol. The standard InChI is InChI=1S/C9H7IN2O2/c10-7-2-1-3-8-11-6(4-9(13)14)5-12(7)8/h1-3,5H,4H2,(H,13,14). The van der Waals surface area contributed by atoms with Gasteiger partial charge in [-0.2, -0.15) is 0 Å². The summed E-state index contributed by atoms with van der Waals surface area (Å²) in [4.78, 5) is 14.7. The molecule has 0 atom stereocenters. The van der Waals surface area contributed by atoms with Crippen LogP contribution in [0.25, 0.3) is 5.65 Å². The van der Waals surface area contributed by atoms with Crippen LogP contribution in [0.5, 0.6) is 0 Å². The van der Waals surface area contributed by atoms with Gasteiger partial charge in [0.25, 0.3) is 0 Å². The molecular formula is C9H7IN2O2. The number of hydrogen-bond donors (Lipinski definition) is 1. The number of halogens is 1. The number of imidazole rings is 1. The van der Waals surface area contributed by atoms with E-state index in [9.17, 15) is 4.79 Å². The van der Waals surface area contributed by atoms with Crippen molar-refractivity contribution < 1.29 is 9.90 Å². The number of nitrogens with zero attached hydrogens (tertiary/aromatic N) is 2. The molecule has 0 spiro atoms. The van der Waals surface area contributed by atoms with Crippen molar-refractivity contribution in [3.63, 3.8) is 0 Å². The van der Waals surface area contributed by atoms with Gasteiger partial charge in [0.2, 0.25) is 0 Å². The van der Waals surface area contributed by atoms with Crippen molar-refractivity contribution in [1.29, 1.82) is 0 Å². The van der Waals surface area contributed by atoms with E-state index >= 15 is 0 Å². The van der Waals surface area contributed by atoms with Gasteiger partial charge >= 0.3 is 5.97 Å². The second kappa shape index (κ2) is 3.56. The third-order valence-corrected chi connectivity index (χ3v) is 2.70. The van der Waals surface area contributed by atoms with Crippen LogP contribution < -0.4 is 0 Å². The molecule has 72 valence electrons. The summed E-state index contributed by atoms with van der Waals surface area (Å²) in [7, 11) is 0. The maximum Gasteiger partial charge on any atom is 0.309 e. The number of aromatic nitrogens is 2. The number of hydrogen-bond acceptors (Lipinski definition) is 2.